The van der Waals surface area contributed by atoms with Gasteiger partial charge in [0.1, 0.15) is 12.2 Å². The zero-order chi connectivity index (χ0) is 13.4. The van der Waals surface area contributed by atoms with Crippen molar-refractivity contribution in [3.63, 3.8) is 0 Å². The standard InChI is InChI=1S/2C5H6N2O2.Ca/c2*8-5(9)7-3-1-6-2-4-7;/h2*1-3H,4H2,(H,8,9);/q;;+2/p-2. The van der Waals surface area contributed by atoms with Crippen LogP contribution in [0.4, 0.5) is 9.59 Å². The van der Waals surface area contributed by atoms with E-state index in [1.807, 2.05) is 0 Å². The maximum absolute atomic E-state index is 10.1. The van der Waals surface area contributed by atoms with E-state index in [0.717, 1.165) is 9.80 Å². The Labute approximate surface area is 139 Å². The summed E-state index contributed by atoms with van der Waals surface area (Å²) in [5.41, 5.74) is 0. The summed E-state index contributed by atoms with van der Waals surface area (Å²) in [5, 5.41) is 20.1. The van der Waals surface area contributed by atoms with Gasteiger partial charge in [-0.05, 0) is 0 Å². The molecule has 0 saturated heterocycles. The molecule has 2 aliphatic heterocycles. The van der Waals surface area contributed by atoms with E-state index < -0.39 is 12.2 Å². The molecule has 0 unspecified atom stereocenters. The van der Waals surface area contributed by atoms with Crippen LogP contribution in [-0.4, -0.2) is 85.2 Å². The molecule has 19 heavy (non-hydrogen) atoms. The number of aliphatic imine (C=N–C) groups is 2. The molecule has 8 nitrogen and oxygen atoms in total. The monoisotopic (exact) mass is 290 g/mol. The quantitative estimate of drug-likeness (QED) is 0.480. The third-order valence-electron chi connectivity index (χ3n) is 1.90. The maximum atomic E-state index is 10.1. The summed E-state index contributed by atoms with van der Waals surface area (Å²) in [6, 6.07) is 0. The SMILES string of the molecule is O=C([O-])N1C=CN=CC1.O=C([O-])N1C=CN=CC1.[Ca+2]. The van der Waals surface area contributed by atoms with Gasteiger partial charge < -0.3 is 29.6 Å². The van der Waals surface area contributed by atoms with Crippen molar-refractivity contribution < 1.29 is 19.8 Å². The van der Waals surface area contributed by atoms with E-state index in [1.54, 1.807) is 0 Å². The van der Waals surface area contributed by atoms with E-state index in [0.29, 0.717) is 13.1 Å². The first-order chi connectivity index (χ1) is 8.61. The van der Waals surface area contributed by atoms with Crippen LogP contribution in [-0.2, 0) is 0 Å². The molecule has 0 radical (unpaired) electrons. The molecule has 2 heterocycles. The Morgan fingerprint density at radius 3 is 1.42 bits per heavy atom. The largest absolute Gasteiger partial charge is 2.00 e. The van der Waals surface area contributed by atoms with E-state index in [9.17, 15) is 19.8 Å². The van der Waals surface area contributed by atoms with Crippen molar-refractivity contribution in [1.29, 1.82) is 0 Å². The van der Waals surface area contributed by atoms with Crippen molar-refractivity contribution in [2.45, 2.75) is 0 Å². The fraction of sp³-hybridized carbons (Fsp3) is 0.200. The molecule has 96 valence electrons. The smallest absolute Gasteiger partial charge is 0.530 e. The van der Waals surface area contributed by atoms with Crippen LogP contribution in [0.15, 0.2) is 34.8 Å². The van der Waals surface area contributed by atoms with Crippen LogP contribution in [0.1, 0.15) is 0 Å². The molecule has 2 aliphatic rings. The van der Waals surface area contributed by atoms with Crippen molar-refractivity contribution in [3.05, 3.63) is 24.8 Å². The molecular weight excluding hydrogens is 280 g/mol. The number of hydrogen-bond acceptors (Lipinski definition) is 6. The topological polar surface area (TPSA) is 111 Å². The second kappa shape index (κ2) is 9.54. The van der Waals surface area contributed by atoms with Crippen LogP contribution in [0.3, 0.4) is 0 Å². The number of nitrogens with zero attached hydrogens (tertiary/aromatic N) is 4. The van der Waals surface area contributed by atoms with Crippen molar-refractivity contribution in [2.24, 2.45) is 9.98 Å². The van der Waals surface area contributed by atoms with Gasteiger partial charge in [-0.3, -0.25) is 9.98 Å². The first-order valence-electron chi connectivity index (χ1n) is 4.93. The van der Waals surface area contributed by atoms with Gasteiger partial charge in [0, 0.05) is 37.2 Å². The zero-order valence-electron chi connectivity index (χ0n) is 10.0. The van der Waals surface area contributed by atoms with Crippen LogP contribution in [0, 0.1) is 0 Å². The summed E-state index contributed by atoms with van der Waals surface area (Å²) in [6.07, 6.45) is 6.12. The average molecular weight is 290 g/mol. The molecule has 0 spiro atoms. The molecule has 0 saturated carbocycles. The molecule has 2 amide bonds. The Bertz CT molecular complexity index is 393. The van der Waals surface area contributed by atoms with Gasteiger partial charge in [-0.1, -0.05) is 0 Å². The van der Waals surface area contributed by atoms with E-state index in [4.69, 9.17) is 0 Å². The first kappa shape index (κ1) is 17.6. The number of carbonyl (C=O) groups is 2. The van der Waals surface area contributed by atoms with Gasteiger partial charge in [0.2, 0.25) is 0 Å². The molecule has 0 aliphatic carbocycles. The minimum absolute atomic E-state index is 0. The van der Waals surface area contributed by atoms with Crippen LogP contribution in [0.25, 0.3) is 0 Å². The van der Waals surface area contributed by atoms with Gasteiger partial charge in [-0.25, -0.2) is 0 Å². The van der Waals surface area contributed by atoms with E-state index in [2.05, 4.69) is 9.98 Å². The summed E-state index contributed by atoms with van der Waals surface area (Å²) < 4.78 is 0. The van der Waals surface area contributed by atoms with Crippen molar-refractivity contribution in [1.82, 2.24) is 9.80 Å². The van der Waals surface area contributed by atoms with Gasteiger partial charge in [0.25, 0.3) is 0 Å². The number of carboxylic acid groups (broad SMARTS) is 2. The second-order valence-electron chi connectivity index (χ2n) is 3.10. The summed E-state index contributed by atoms with van der Waals surface area (Å²) in [5.74, 6) is 0. The number of amides is 2. The molecule has 0 bridgehead atoms. The van der Waals surface area contributed by atoms with Gasteiger partial charge in [0.05, 0.1) is 13.1 Å². The average Bonchev–Trinajstić information content (AvgIpc) is 2.41. The third kappa shape index (κ3) is 6.94. The van der Waals surface area contributed by atoms with Crippen LogP contribution in [0.5, 0.6) is 0 Å². The van der Waals surface area contributed by atoms with Crippen LogP contribution >= 0.6 is 0 Å². The van der Waals surface area contributed by atoms with Crippen LogP contribution < -0.4 is 10.2 Å². The second-order valence-corrected chi connectivity index (χ2v) is 3.10. The Kier molecular flexibility index (Phi) is 8.84. The molecule has 9 heteroatoms. The fourth-order valence-corrected chi connectivity index (χ4v) is 1.02. The summed E-state index contributed by atoms with van der Waals surface area (Å²) in [4.78, 5) is 29.5. The normalized spacial score (nSPS) is 15.4. The van der Waals surface area contributed by atoms with E-state index >= 15 is 0 Å². The molecule has 0 fully saturated rings. The minimum atomic E-state index is -1.20. The molecule has 0 N–H and O–H groups in total. The van der Waals surface area contributed by atoms with Gasteiger partial charge in [0.15, 0.2) is 0 Å². The fourth-order valence-electron chi connectivity index (χ4n) is 1.02. The van der Waals surface area contributed by atoms with Gasteiger partial charge in [-0.15, -0.1) is 0 Å². The predicted octanol–water partition coefficient (Wildman–Crippen LogP) is -2.01. The van der Waals surface area contributed by atoms with Gasteiger partial charge in [-0.2, -0.15) is 0 Å². The number of hydrogen-bond donors (Lipinski definition) is 0. The van der Waals surface area contributed by atoms with E-state index in [1.165, 1.54) is 37.2 Å². The number of rotatable bonds is 0. The van der Waals surface area contributed by atoms with Gasteiger partial charge >= 0.3 is 37.7 Å². The Balaban J connectivity index is 0.000000324. The van der Waals surface area contributed by atoms with Crippen molar-refractivity contribution in [3.8, 4) is 0 Å². The minimum Gasteiger partial charge on any atom is -0.530 e. The maximum Gasteiger partial charge on any atom is 2.00 e. The molecule has 0 atom stereocenters. The van der Waals surface area contributed by atoms with Crippen molar-refractivity contribution >= 4 is 62.4 Å². The molecule has 0 aromatic heterocycles. The summed E-state index contributed by atoms with van der Waals surface area (Å²) in [6.45, 7) is 0.581. The summed E-state index contributed by atoms with van der Waals surface area (Å²) >= 11 is 0. The van der Waals surface area contributed by atoms with Crippen LogP contribution in [0.2, 0.25) is 0 Å². The Hall–Kier alpha value is -1.38. The van der Waals surface area contributed by atoms with E-state index in [-0.39, 0.29) is 37.7 Å². The zero-order valence-corrected chi connectivity index (χ0v) is 12.2. The first-order valence-corrected chi connectivity index (χ1v) is 4.93. The third-order valence-corrected chi connectivity index (χ3v) is 1.90. The molecule has 0 aromatic rings. The van der Waals surface area contributed by atoms with Crippen molar-refractivity contribution in [2.75, 3.05) is 13.1 Å². The molecule has 2 rings (SSSR count). The summed E-state index contributed by atoms with van der Waals surface area (Å²) in [7, 11) is 0. The molecule has 0 aromatic carbocycles. The predicted molar refractivity (Wildman–Crippen MR) is 65.2 cm³/mol. The number of carbonyl (C=O) groups excluding carboxylic acids is 2. The Morgan fingerprint density at radius 1 is 0.895 bits per heavy atom. The molecular formula is C10H10CaN4O4. The Morgan fingerprint density at radius 2 is 1.26 bits per heavy atom.